The van der Waals surface area contributed by atoms with E-state index >= 15 is 0 Å². The zero-order valence-electron chi connectivity index (χ0n) is 36.7. The Labute approximate surface area is 409 Å². The Balaban J connectivity index is 0.00000171. The van der Waals surface area contributed by atoms with Gasteiger partial charge < -0.3 is 10.2 Å². The average Bonchev–Trinajstić information content (AvgIpc) is 3.38. The van der Waals surface area contributed by atoms with E-state index in [1.165, 1.54) is 0 Å². The molecule has 1 aliphatic rings. The van der Waals surface area contributed by atoms with Crippen LogP contribution in [0.15, 0.2) is 204 Å². The van der Waals surface area contributed by atoms with E-state index in [2.05, 4.69) is 158 Å². The first kappa shape index (κ1) is 44.5. The quantitative estimate of drug-likeness (QED) is 0.149. The van der Waals surface area contributed by atoms with Gasteiger partial charge in [-0.25, -0.2) is 0 Å². The van der Waals surface area contributed by atoms with Crippen LogP contribution in [0, 0.1) is 0 Å². The van der Waals surface area contributed by atoms with Crippen molar-refractivity contribution in [2.45, 2.75) is 37.8 Å². The van der Waals surface area contributed by atoms with Crippen LogP contribution >= 0.6 is 17.0 Å². The zero-order chi connectivity index (χ0) is 45.7. The fourth-order valence-electron chi connectivity index (χ4n) is 10.0. The summed E-state index contributed by atoms with van der Waals surface area (Å²) >= 11 is -0.826. The molecular weight excluding hydrogens is 943 g/mol. The molecule has 0 unspecified atom stereocenters. The Morgan fingerprint density at radius 2 is 0.731 bits per heavy atom. The molecule has 7 heteroatoms. The van der Waals surface area contributed by atoms with Crippen LogP contribution in [0.4, 0.5) is 0 Å². The number of hydrogen-bond acceptors (Lipinski definition) is 4. The molecule has 326 valence electrons. The average molecular weight is 989 g/mol. The van der Waals surface area contributed by atoms with Crippen LogP contribution in [0.5, 0.6) is 11.5 Å². The van der Waals surface area contributed by atoms with E-state index in [0.717, 1.165) is 113 Å². The number of phenols is 2. The van der Waals surface area contributed by atoms with Crippen LogP contribution in [0.25, 0.3) is 87.6 Å². The number of aliphatic imine (C=N–C) groups is 2. The standard InChI is InChI=1S/C60H46N2O2.2ClH.Zr/c63-59-45(35-43-23-9-13-27-49(43)57(59)55-47-25-11-7-21-41(47)31-33-51(55)39-17-3-1-4-18-39)37-61-53-29-15-16-30-54(53)62-38-46-36-44-24-10-14-28-50(44)58(60(46)64)56-48-26-12-8-22-42(48)32-34-52(56)40-19-5-2-6-20-40;;;/h1-14,17-28,31-38,53-54,63-64H,15-16,29-30H2;2*1H;/q;;;+2/p-2/t53-,54-;;;/m1.../s1. The Hall–Kier alpha value is -6.36. The maximum absolute atomic E-state index is 12.5. The maximum atomic E-state index is 12.5. The first-order valence-electron chi connectivity index (χ1n) is 22.7. The monoisotopic (exact) mass is 986 g/mol. The zero-order valence-corrected chi connectivity index (χ0v) is 40.6. The number of nitrogens with zero attached hydrogens (tertiary/aromatic N) is 2. The summed E-state index contributed by atoms with van der Waals surface area (Å²) in [5.74, 6) is 0.424. The normalized spacial score (nSPS) is 15.1. The predicted molar refractivity (Wildman–Crippen MR) is 281 cm³/mol. The number of fused-ring (bicyclic) bond motifs is 4. The van der Waals surface area contributed by atoms with Crippen molar-refractivity contribution >= 4 is 72.5 Å². The Morgan fingerprint density at radius 3 is 1.12 bits per heavy atom. The molecule has 0 aromatic heterocycles. The van der Waals surface area contributed by atoms with Crippen molar-refractivity contribution in [2.75, 3.05) is 0 Å². The summed E-state index contributed by atoms with van der Waals surface area (Å²) < 4.78 is 0. The van der Waals surface area contributed by atoms with Crippen LogP contribution in [-0.2, 0) is 20.8 Å². The molecule has 2 N–H and O–H groups in total. The van der Waals surface area contributed by atoms with E-state index in [-0.39, 0.29) is 23.6 Å². The summed E-state index contributed by atoms with van der Waals surface area (Å²) in [4.78, 5) is 10.5. The summed E-state index contributed by atoms with van der Waals surface area (Å²) in [7, 11) is 9.87. The van der Waals surface area contributed by atoms with Gasteiger partial charge in [-0.3, -0.25) is 9.98 Å². The van der Waals surface area contributed by atoms with E-state index in [0.29, 0.717) is 11.1 Å². The first-order valence-corrected chi connectivity index (χ1v) is 29.0. The van der Waals surface area contributed by atoms with Crippen molar-refractivity contribution in [3.05, 3.63) is 205 Å². The van der Waals surface area contributed by atoms with Gasteiger partial charge in [0.15, 0.2) is 0 Å². The second-order valence-electron chi connectivity index (χ2n) is 17.0. The molecule has 1 fully saturated rings. The summed E-state index contributed by atoms with van der Waals surface area (Å²) in [6, 6.07) is 66.9. The van der Waals surface area contributed by atoms with Gasteiger partial charge in [0.1, 0.15) is 11.5 Å². The number of rotatable bonds is 8. The van der Waals surface area contributed by atoms with Gasteiger partial charge in [-0.15, -0.1) is 0 Å². The minimum atomic E-state index is -0.826. The van der Waals surface area contributed by atoms with Gasteiger partial charge in [-0.05, 0) is 90.3 Å². The summed E-state index contributed by atoms with van der Waals surface area (Å²) in [5, 5.41) is 33.4. The third kappa shape index (κ3) is 8.97. The topological polar surface area (TPSA) is 65.2 Å². The second kappa shape index (κ2) is 20.3. The van der Waals surface area contributed by atoms with Crippen LogP contribution < -0.4 is 0 Å². The van der Waals surface area contributed by atoms with Gasteiger partial charge in [-0.1, -0.05) is 195 Å². The number of benzene rings is 10. The van der Waals surface area contributed by atoms with Crippen molar-refractivity contribution < 1.29 is 31.1 Å². The van der Waals surface area contributed by atoms with Crippen LogP contribution in [0.2, 0.25) is 0 Å². The molecule has 2 atom stereocenters. The van der Waals surface area contributed by atoms with Gasteiger partial charge in [0.2, 0.25) is 0 Å². The number of phenolic OH excluding ortho intramolecular Hbond substituents is 2. The van der Waals surface area contributed by atoms with E-state index in [9.17, 15) is 10.2 Å². The third-order valence-electron chi connectivity index (χ3n) is 13.1. The molecule has 10 aromatic rings. The summed E-state index contributed by atoms with van der Waals surface area (Å²) in [5.41, 5.74) is 9.27. The number of aromatic hydroxyl groups is 2. The van der Waals surface area contributed by atoms with E-state index in [1.54, 1.807) is 0 Å². The predicted octanol–water partition coefficient (Wildman–Crippen LogP) is 16.6. The molecule has 67 heavy (non-hydrogen) atoms. The fourth-order valence-corrected chi connectivity index (χ4v) is 10.0. The molecule has 0 saturated heterocycles. The first-order chi connectivity index (χ1) is 33.0. The molecule has 1 aliphatic carbocycles. The Kier molecular flexibility index (Phi) is 13.4. The van der Waals surface area contributed by atoms with E-state index in [4.69, 9.17) is 27.0 Å². The van der Waals surface area contributed by atoms with Crippen molar-refractivity contribution in [3.8, 4) is 56.0 Å². The van der Waals surface area contributed by atoms with Crippen molar-refractivity contribution in [1.29, 1.82) is 0 Å². The molecule has 4 nitrogen and oxygen atoms in total. The Bertz CT molecular complexity index is 3240. The number of hydrogen-bond donors (Lipinski definition) is 2. The molecule has 0 amide bonds. The summed E-state index contributed by atoms with van der Waals surface area (Å²) in [6.45, 7) is 0. The molecule has 0 aliphatic heterocycles. The Morgan fingerprint density at radius 1 is 0.403 bits per heavy atom. The van der Waals surface area contributed by atoms with Gasteiger partial charge >= 0.3 is 37.9 Å². The van der Waals surface area contributed by atoms with E-state index < -0.39 is 20.8 Å². The van der Waals surface area contributed by atoms with Crippen LogP contribution in [0.1, 0.15) is 36.8 Å². The molecule has 0 heterocycles. The fraction of sp³-hybridized carbons (Fsp3) is 0.100. The number of halogens is 2. The molecule has 0 spiro atoms. The molecular formula is C60H46Cl2N2O2Zr. The van der Waals surface area contributed by atoms with Crippen LogP contribution in [-0.4, -0.2) is 34.7 Å². The molecule has 0 bridgehead atoms. The van der Waals surface area contributed by atoms with Gasteiger partial charge in [0.25, 0.3) is 0 Å². The van der Waals surface area contributed by atoms with E-state index in [1.807, 2.05) is 48.8 Å². The second-order valence-corrected chi connectivity index (χ2v) is 20.8. The molecule has 11 rings (SSSR count). The minimum absolute atomic E-state index is 0.0958. The third-order valence-corrected chi connectivity index (χ3v) is 13.1. The molecule has 1 saturated carbocycles. The van der Waals surface area contributed by atoms with Crippen molar-refractivity contribution in [1.82, 2.24) is 0 Å². The summed E-state index contributed by atoms with van der Waals surface area (Å²) in [6.07, 6.45) is 7.60. The SMILES string of the molecule is Oc1c(C=N[C@@H]2CCCC[C@H]2N=Cc2cc3ccccc3c(-c3c(-c4ccccc4)ccc4ccccc34)c2O)cc2ccccc2c1-c1c(-c2ccccc2)ccc2ccccc12.[Cl][Zr][Cl]. The molecule has 10 aromatic carbocycles. The van der Waals surface area contributed by atoms with Crippen LogP contribution in [0.3, 0.4) is 0 Å². The van der Waals surface area contributed by atoms with Gasteiger partial charge in [0.05, 0.1) is 12.1 Å². The van der Waals surface area contributed by atoms with Gasteiger partial charge in [-0.2, -0.15) is 0 Å². The van der Waals surface area contributed by atoms with Crippen molar-refractivity contribution in [2.24, 2.45) is 9.98 Å². The molecule has 0 radical (unpaired) electrons. The van der Waals surface area contributed by atoms with Crippen molar-refractivity contribution in [3.63, 3.8) is 0 Å². The van der Waals surface area contributed by atoms with Gasteiger partial charge in [0, 0.05) is 45.8 Å².